The second kappa shape index (κ2) is 6.53. The molecule has 0 bridgehead atoms. The van der Waals surface area contributed by atoms with Gasteiger partial charge in [0.1, 0.15) is 3.92 Å². The van der Waals surface area contributed by atoms with Crippen LogP contribution in [0.1, 0.15) is 18.4 Å². The molecule has 1 aromatic carbocycles. The number of carbonyl (C=O) groups is 1. The zero-order chi connectivity index (χ0) is 12.8. The number of aryl methyl sites for hydroxylation is 1. The van der Waals surface area contributed by atoms with Crippen molar-refractivity contribution in [2.24, 2.45) is 0 Å². The summed E-state index contributed by atoms with van der Waals surface area (Å²) in [5.41, 5.74) is 0.944. The molecule has 0 saturated carbocycles. The Balaban J connectivity index is 2.49. The monoisotopic (exact) mass is 349 g/mol. The zero-order valence-electron chi connectivity index (χ0n) is 9.01. The van der Waals surface area contributed by atoms with Crippen LogP contribution in [0.15, 0.2) is 24.3 Å². The van der Waals surface area contributed by atoms with Crippen LogP contribution in [0.2, 0.25) is 0 Å². The van der Waals surface area contributed by atoms with E-state index in [4.69, 9.17) is 5.11 Å². The molecule has 1 unspecified atom stereocenters. The lowest BCUT2D eigenvalue weighted by molar-refractivity contribution is -0.384. The number of carboxylic acids is 1. The van der Waals surface area contributed by atoms with E-state index in [1.165, 1.54) is 12.1 Å². The number of non-ortho nitro benzene ring substituents is 1. The van der Waals surface area contributed by atoms with Crippen molar-refractivity contribution in [1.29, 1.82) is 0 Å². The molecule has 0 aliphatic rings. The molecule has 5 nitrogen and oxygen atoms in total. The maximum atomic E-state index is 10.6. The number of nitro benzene ring substituents is 1. The first-order valence-electron chi connectivity index (χ1n) is 5.11. The second-order valence-corrected chi connectivity index (χ2v) is 5.13. The van der Waals surface area contributed by atoms with E-state index in [0.717, 1.165) is 5.56 Å². The fraction of sp³-hybridized carbons (Fsp3) is 0.364. The average molecular weight is 349 g/mol. The number of nitrogens with zero attached hydrogens (tertiary/aromatic N) is 1. The van der Waals surface area contributed by atoms with Gasteiger partial charge in [-0.15, -0.1) is 0 Å². The van der Waals surface area contributed by atoms with Crippen molar-refractivity contribution in [2.75, 3.05) is 0 Å². The van der Waals surface area contributed by atoms with Crippen molar-refractivity contribution < 1.29 is 14.8 Å². The second-order valence-electron chi connectivity index (χ2n) is 3.63. The number of alkyl halides is 1. The lowest BCUT2D eigenvalue weighted by Gasteiger charge is -2.04. The molecule has 0 radical (unpaired) electrons. The third-order valence-corrected chi connectivity index (χ3v) is 3.47. The molecule has 0 aliphatic carbocycles. The van der Waals surface area contributed by atoms with Crippen LogP contribution in [0, 0.1) is 10.1 Å². The molecular weight excluding hydrogens is 337 g/mol. The molecule has 0 fully saturated rings. The Morgan fingerprint density at radius 1 is 1.53 bits per heavy atom. The molecule has 6 heteroatoms. The van der Waals surface area contributed by atoms with Gasteiger partial charge in [0.15, 0.2) is 0 Å². The van der Waals surface area contributed by atoms with Crippen LogP contribution in [0.4, 0.5) is 5.69 Å². The lowest BCUT2D eigenvalue weighted by Crippen LogP contribution is -2.12. The van der Waals surface area contributed by atoms with Crippen molar-refractivity contribution in [2.45, 2.75) is 23.2 Å². The SMILES string of the molecule is O=C(O)C(I)CCCc1cccc([N+](=O)[O-])c1. The highest BCUT2D eigenvalue weighted by Crippen LogP contribution is 2.16. The van der Waals surface area contributed by atoms with E-state index in [2.05, 4.69) is 0 Å². The third-order valence-electron chi connectivity index (χ3n) is 2.31. The van der Waals surface area contributed by atoms with Crippen molar-refractivity contribution in [3.05, 3.63) is 39.9 Å². The Bertz CT molecular complexity index is 422. The van der Waals surface area contributed by atoms with E-state index in [0.29, 0.717) is 19.3 Å². The summed E-state index contributed by atoms with van der Waals surface area (Å²) in [6.07, 6.45) is 1.94. The predicted octanol–water partition coefficient (Wildman–Crippen LogP) is 2.81. The molecule has 1 rings (SSSR count). The first-order valence-corrected chi connectivity index (χ1v) is 6.35. The molecule has 0 spiro atoms. The standard InChI is InChI=1S/C11H12INO4/c12-10(11(14)15)6-2-4-8-3-1-5-9(7-8)13(16)17/h1,3,5,7,10H,2,4,6H2,(H,14,15). The van der Waals surface area contributed by atoms with Gasteiger partial charge in [-0.1, -0.05) is 34.7 Å². The van der Waals surface area contributed by atoms with E-state index in [-0.39, 0.29) is 5.69 Å². The Kier molecular flexibility index (Phi) is 5.33. The van der Waals surface area contributed by atoms with E-state index in [9.17, 15) is 14.9 Å². The first-order chi connectivity index (χ1) is 8.00. The minimum absolute atomic E-state index is 0.0757. The predicted molar refractivity (Wildman–Crippen MR) is 71.5 cm³/mol. The number of carboxylic acid groups (broad SMARTS) is 1. The van der Waals surface area contributed by atoms with Crippen LogP contribution < -0.4 is 0 Å². The Hall–Kier alpha value is -1.18. The van der Waals surface area contributed by atoms with E-state index < -0.39 is 14.8 Å². The highest BCUT2D eigenvalue weighted by molar-refractivity contribution is 14.1. The Morgan fingerprint density at radius 2 is 2.24 bits per heavy atom. The summed E-state index contributed by atoms with van der Waals surface area (Å²) in [5.74, 6) is -0.815. The molecule has 0 aromatic heterocycles. The van der Waals surface area contributed by atoms with Gasteiger partial charge < -0.3 is 5.11 Å². The van der Waals surface area contributed by atoms with Crippen LogP contribution in [-0.2, 0) is 11.2 Å². The van der Waals surface area contributed by atoms with E-state index >= 15 is 0 Å². The van der Waals surface area contributed by atoms with E-state index in [1.54, 1.807) is 6.07 Å². The van der Waals surface area contributed by atoms with Gasteiger partial charge in [-0.3, -0.25) is 14.9 Å². The van der Waals surface area contributed by atoms with Crippen LogP contribution in [0.5, 0.6) is 0 Å². The molecule has 1 atom stereocenters. The van der Waals surface area contributed by atoms with Gasteiger partial charge in [-0.2, -0.15) is 0 Å². The van der Waals surface area contributed by atoms with Gasteiger partial charge in [-0.25, -0.2) is 0 Å². The summed E-state index contributed by atoms with van der Waals surface area (Å²) < 4.78 is -0.397. The van der Waals surface area contributed by atoms with Crippen LogP contribution in [0.3, 0.4) is 0 Å². The molecule has 0 amide bonds. The fourth-order valence-electron chi connectivity index (χ4n) is 1.43. The average Bonchev–Trinajstić information content (AvgIpc) is 2.29. The van der Waals surface area contributed by atoms with Gasteiger partial charge >= 0.3 is 5.97 Å². The van der Waals surface area contributed by atoms with Crippen molar-refractivity contribution >= 4 is 34.2 Å². The van der Waals surface area contributed by atoms with Gasteiger partial charge in [0.05, 0.1) is 4.92 Å². The van der Waals surface area contributed by atoms with Crippen LogP contribution >= 0.6 is 22.6 Å². The van der Waals surface area contributed by atoms with Crippen LogP contribution in [0.25, 0.3) is 0 Å². The lowest BCUT2D eigenvalue weighted by atomic mass is 10.1. The smallest absolute Gasteiger partial charge is 0.316 e. The highest BCUT2D eigenvalue weighted by atomic mass is 127. The normalized spacial score (nSPS) is 12.1. The summed E-state index contributed by atoms with van der Waals surface area (Å²) in [4.78, 5) is 20.7. The summed E-state index contributed by atoms with van der Waals surface area (Å²) in [6, 6.07) is 6.44. The molecule has 0 saturated heterocycles. The maximum absolute atomic E-state index is 10.6. The van der Waals surface area contributed by atoms with E-state index in [1.807, 2.05) is 28.7 Å². The zero-order valence-corrected chi connectivity index (χ0v) is 11.2. The van der Waals surface area contributed by atoms with Crippen molar-refractivity contribution in [1.82, 2.24) is 0 Å². The Morgan fingerprint density at radius 3 is 2.82 bits per heavy atom. The molecule has 17 heavy (non-hydrogen) atoms. The minimum Gasteiger partial charge on any atom is -0.480 e. The van der Waals surface area contributed by atoms with Gasteiger partial charge in [0, 0.05) is 12.1 Å². The molecular formula is C11H12INO4. The fourth-order valence-corrected chi connectivity index (χ4v) is 1.87. The number of benzene rings is 1. The molecule has 1 aromatic rings. The first kappa shape index (κ1) is 13.9. The molecule has 92 valence electrons. The van der Waals surface area contributed by atoms with Gasteiger partial charge in [0.2, 0.25) is 0 Å². The van der Waals surface area contributed by atoms with Crippen molar-refractivity contribution in [3.8, 4) is 0 Å². The minimum atomic E-state index is -0.815. The van der Waals surface area contributed by atoms with Gasteiger partial charge in [-0.05, 0) is 24.8 Å². The third kappa shape index (κ3) is 4.68. The quantitative estimate of drug-likeness (QED) is 0.371. The number of nitro groups is 1. The molecule has 0 heterocycles. The number of rotatable bonds is 6. The van der Waals surface area contributed by atoms with Crippen LogP contribution in [-0.4, -0.2) is 19.9 Å². The van der Waals surface area contributed by atoms with Crippen molar-refractivity contribution in [3.63, 3.8) is 0 Å². The summed E-state index contributed by atoms with van der Waals surface area (Å²) in [5, 5.41) is 19.3. The highest BCUT2D eigenvalue weighted by Gasteiger charge is 2.12. The molecule has 1 N–H and O–H groups in total. The largest absolute Gasteiger partial charge is 0.480 e. The number of aliphatic carboxylic acids is 1. The van der Waals surface area contributed by atoms with Gasteiger partial charge in [0.25, 0.3) is 5.69 Å². The topological polar surface area (TPSA) is 80.4 Å². The summed E-state index contributed by atoms with van der Waals surface area (Å²) >= 11 is 1.88. The number of hydrogen-bond acceptors (Lipinski definition) is 3. The summed E-state index contributed by atoms with van der Waals surface area (Å²) in [7, 11) is 0. The Labute approximate surface area is 112 Å². The molecule has 0 aliphatic heterocycles. The number of halogens is 1. The maximum Gasteiger partial charge on any atom is 0.316 e. The number of hydrogen-bond donors (Lipinski definition) is 1. The summed E-state index contributed by atoms with van der Waals surface area (Å²) in [6.45, 7) is 0.